The first-order chi connectivity index (χ1) is 19.2. The molecule has 0 fully saturated rings. The van der Waals surface area contributed by atoms with Crippen LogP contribution in [0, 0.1) is 5.82 Å². The molecule has 0 aliphatic carbocycles. The second kappa shape index (κ2) is 12.9. The molecule has 2 aromatic carbocycles. The van der Waals surface area contributed by atoms with Gasteiger partial charge in [-0.05, 0) is 48.4 Å². The minimum Gasteiger partial charge on any atom is -0.425 e. The molecule has 0 saturated carbocycles. The Balaban J connectivity index is 1.74. The SMILES string of the molecule is O=C(NCCCO)c1c(NCc2ccccn2)nc(Oc2cccc(OC(F)(F)F)c2)n1Cc1ccc(F)cc1. The normalized spacial score (nSPS) is 11.2. The number of nitrogens with one attached hydrogen (secondary N) is 2. The number of aliphatic hydroxyl groups excluding tert-OH is 1. The summed E-state index contributed by atoms with van der Waals surface area (Å²) in [7, 11) is 0. The molecule has 9 nitrogen and oxygen atoms in total. The smallest absolute Gasteiger partial charge is 0.425 e. The molecule has 0 unspecified atom stereocenters. The number of imidazole rings is 1. The molecular weight excluding hydrogens is 534 g/mol. The number of nitrogens with zero attached hydrogens (tertiary/aromatic N) is 3. The Hall–Kier alpha value is -4.65. The summed E-state index contributed by atoms with van der Waals surface area (Å²) in [6.07, 6.45) is -2.98. The summed E-state index contributed by atoms with van der Waals surface area (Å²) in [5, 5.41) is 14.9. The molecule has 0 spiro atoms. The molecule has 40 heavy (non-hydrogen) atoms. The highest BCUT2D eigenvalue weighted by Gasteiger charge is 2.31. The van der Waals surface area contributed by atoms with E-state index in [4.69, 9.17) is 9.84 Å². The molecule has 2 aromatic heterocycles. The van der Waals surface area contributed by atoms with Crippen LogP contribution in [0.4, 0.5) is 23.4 Å². The van der Waals surface area contributed by atoms with Crippen molar-refractivity contribution >= 4 is 11.7 Å². The minimum atomic E-state index is -4.90. The Morgan fingerprint density at radius 3 is 2.50 bits per heavy atom. The summed E-state index contributed by atoms with van der Waals surface area (Å²) in [4.78, 5) is 22.0. The highest BCUT2D eigenvalue weighted by Crippen LogP contribution is 2.32. The zero-order valence-electron chi connectivity index (χ0n) is 21.0. The third kappa shape index (κ3) is 7.93. The third-order valence-electron chi connectivity index (χ3n) is 5.43. The topological polar surface area (TPSA) is 111 Å². The highest BCUT2D eigenvalue weighted by molar-refractivity contribution is 5.97. The molecule has 1 amide bonds. The number of rotatable bonds is 12. The highest BCUT2D eigenvalue weighted by atomic mass is 19.4. The van der Waals surface area contributed by atoms with E-state index in [2.05, 4.69) is 25.3 Å². The van der Waals surface area contributed by atoms with Crippen LogP contribution < -0.4 is 20.1 Å². The number of pyridine rings is 1. The van der Waals surface area contributed by atoms with Crippen LogP contribution in [-0.2, 0) is 13.1 Å². The standard InChI is InChI=1S/C27H25F4N5O4/c28-19-10-8-18(9-11-19)17-36-23(25(38)33-13-4-14-37)24(34-16-20-5-1-2-12-32-20)35-26(36)39-21-6-3-7-22(15-21)40-27(29,30)31/h1-3,5-12,15,34,37H,4,13-14,16-17H2,(H,33,38). The number of hydrogen-bond acceptors (Lipinski definition) is 7. The van der Waals surface area contributed by atoms with Gasteiger partial charge in [0.05, 0.1) is 18.8 Å². The van der Waals surface area contributed by atoms with Gasteiger partial charge in [0.25, 0.3) is 5.91 Å². The average molecular weight is 560 g/mol. The molecule has 210 valence electrons. The fourth-order valence-electron chi connectivity index (χ4n) is 3.66. The zero-order chi connectivity index (χ0) is 28.5. The molecule has 3 N–H and O–H groups in total. The largest absolute Gasteiger partial charge is 0.573 e. The number of carbonyl (C=O) groups is 1. The monoisotopic (exact) mass is 559 g/mol. The fourth-order valence-corrected chi connectivity index (χ4v) is 3.66. The molecule has 0 aliphatic rings. The van der Waals surface area contributed by atoms with Crippen LogP contribution >= 0.6 is 0 Å². The van der Waals surface area contributed by atoms with Crippen molar-refractivity contribution in [3.05, 3.63) is 95.7 Å². The summed E-state index contributed by atoms with van der Waals surface area (Å²) in [6, 6.07) is 15.6. The Morgan fingerprint density at radius 2 is 1.80 bits per heavy atom. The number of ether oxygens (including phenoxy) is 2. The van der Waals surface area contributed by atoms with Crippen LogP contribution in [0.3, 0.4) is 0 Å². The second-order valence-electron chi connectivity index (χ2n) is 8.44. The zero-order valence-corrected chi connectivity index (χ0v) is 21.0. The molecule has 13 heteroatoms. The number of alkyl halides is 3. The van der Waals surface area contributed by atoms with Crippen LogP contribution in [0.15, 0.2) is 72.9 Å². The minimum absolute atomic E-state index is 0.00930. The molecule has 2 heterocycles. The number of hydrogen-bond donors (Lipinski definition) is 3. The Bertz CT molecular complexity index is 1410. The van der Waals surface area contributed by atoms with Gasteiger partial charge in [-0.25, -0.2) is 4.39 Å². The van der Waals surface area contributed by atoms with E-state index in [1.54, 1.807) is 24.4 Å². The van der Waals surface area contributed by atoms with E-state index in [1.165, 1.54) is 41.0 Å². The summed E-state index contributed by atoms with van der Waals surface area (Å²) in [6.45, 7) is 0.239. The lowest BCUT2D eigenvalue weighted by Crippen LogP contribution is -2.28. The van der Waals surface area contributed by atoms with E-state index in [1.807, 2.05) is 0 Å². The van der Waals surface area contributed by atoms with Crippen molar-refractivity contribution in [1.29, 1.82) is 0 Å². The number of amides is 1. The van der Waals surface area contributed by atoms with Crippen LogP contribution in [0.2, 0.25) is 0 Å². The molecule has 4 rings (SSSR count). The summed E-state index contributed by atoms with van der Waals surface area (Å²) in [5.41, 5.74) is 1.30. The lowest BCUT2D eigenvalue weighted by atomic mass is 10.2. The molecule has 4 aromatic rings. The first kappa shape index (κ1) is 28.4. The molecule has 0 saturated heterocycles. The third-order valence-corrected chi connectivity index (χ3v) is 5.43. The Labute approximate surface area is 226 Å². The fraction of sp³-hybridized carbons (Fsp3) is 0.222. The number of anilines is 1. The van der Waals surface area contributed by atoms with Crippen molar-refractivity contribution in [1.82, 2.24) is 19.9 Å². The van der Waals surface area contributed by atoms with Gasteiger partial charge in [0.1, 0.15) is 17.3 Å². The van der Waals surface area contributed by atoms with Crippen LogP contribution in [0.1, 0.15) is 28.2 Å². The number of aliphatic hydroxyl groups is 1. The maximum Gasteiger partial charge on any atom is 0.573 e. The Morgan fingerprint density at radius 1 is 1.02 bits per heavy atom. The molecule has 0 radical (unpaired) electrons. The van der Waals surface area contributed by atoms with Crippen molar-refractivity contribution in [3.8, 4) is 17.5 Å². The maximum absolute atomic E-state index is 13.6. The van der Waals surface area contributed by atoms with Crippen molar-refractivity contribution in [3.63, 3.8) is 0 Å². The van der Waals surface area contributed by atoms with E-state index in [0.29, 0.717) is 17.7 Å². The van der Waals surface area contributed by atoms with Gasteiger partial charge in [0.2, 0.25) is 0 Å². The predicted molar refractivity (Wildman–Crippen MR) is 137 cm³/mol. The quantitative estimate of drug-likeness (QED) is 0.168. The molecule has 0 bridgehead atoms. The number of aromatic nitrogens is 3. The summed E-state index contributed by atoms with van der Waals surface area (Å²) >= 11 is 0. The maximum atomic E-state index is 13.6. The number of carbonyl (C=O) groups excluding carboxylic acids is 1. The van der Waals surface area contributed by atoms with Crippen molar-refractivity contribution in [2.45, 2.75) is 25.9 Å². The van der Waals surface area contributed by atoms with E-state index >= 15 is 0 Å². The summed E-state index contributed by atoms with van der Waals surface area (Å²) in [5.74, 6) is -1.41. The van der Waals surface area contributed by atoms with Gasteiger partial charge in [-0.15, -0.1) is 13.2 Å². The first-order valence-corrected chi connectivity index (χ1v) is 12.1. The van der Waals surface area contributed by atoms with E-state index in [-0.39, 0.29) is 49.5 Å². The first-order valence-electron chi connectivity index (χ1n) is 12.1. The van der Waals surface area contributed by atoms with Gasteiger partial charge in [0.15, 0.2) is 11.5 Å². The van der Waals surface area contributed by atoms with Gasteiger partial charge in [0, 0.05) is 25.4 Å². The number of benzene rings is 2. The van der Waals surface area contributed by atoms with Crippen molar-refractivity contribution < 1.29 is 36.9 Å². The van der Waals surface area contributed by atoms with E-state index in [9.17, 15) is 22.4 Å². The molecule has 0 aliphatic heterocycles. The predicted octanol–water partition coefficient (Wildman–Crippen LogP) is 4.88. The molecule has 0 atom stereocenters. The Kier molecular flexibility index (Phi) is 9.17. The van der Waals surface area contributed by atoms with Gasteiger partial charge in [-0.3, -0.25) is 14.3 Å². The van der Waals surface area contributed by atoms with Gasteiger partial charge >= 0.3 is 12.4 Å². The summed E-state index contributed by atoms with van der Waals surface area (Å²) < 4.78 is 63.1. The average Bonchev–Trinajstić information content (AvgIpc) is 3.25. The van der Waals surface area contributed by atoms with Gasteiger partial charge in [-0.1, -0.05) is 24.3 Å². The van der Waals surface area contributed by atoms with Gasteiger partial charge < -0.3 is 25.2 Å². The van der Waals surface area contributed by atoms with Crippen LogP contribution in [-0.4, -0.2) is 45.1 Å². The number of halogens is 4. The van der Waals surface area contributed by atoms with E-state index < -0.39 is 23.8 Å². The lowest BCUT2D eigenvalue weighted by Gasteiger charge is -2.14. The van der Waals surface area contributed by atoms with Crippen LogP contribution in [0.5, 0.6) is 17.5 Å². The molecular formula is C27H25F4N5O4. The van der Waals surface area contributed by atoms with Crippen molar-refractivity contribution in [2.24, 2.45) is 0 Å². The van der Waals surface area contributed by atoms with Crippen molar-refractivity contribution in [2.75, 3.05) is 18.5 Å². The van der Waals surface area contributed by atoms with E-state index in [0.717, 1.165) is 12.1 Å². The lowest BCUT2D eigenvalue weighted by molar-refractivity contribution is -0.274. The second-order valence-corrected chi connectivity index (χ2v) is 8.44. The van der Waals surface area contributed by atoms with Gasteiger partial charge in [-0.2, -0.15) is 4.98 Å². The van der Waals surface area contributed by atoms with Crippen LogP contribution in [0.25, 0.3) is 0 Å².